The molecule has 146 valence electrons. The number of carbonyl (C=O) groups is 3. The summed E-state index contributed by atoms with van der Waals surface area (Å²) in [7, 11) is 0. The quantitative estimate of drug-likeness (QED) is 0.435. The number of ether oxygens (including phenoxy) is 1. The number of rotatable bonds is 5. The number of anilines is 1. The molecule has 0 unspecified atom stereocenters. The molecule has 0 atom stereocenters. The van der Waals surface area contributed by atoms with E-state index >= 15 is 0 Å². The topological polar surface area (TPSA) is 109 Å². The van der Waals surface area contributed by atoms with Crippen molar-refractivity contribution >= 4 is 52.3 Å². The van der Waals surface area contributed by atoms with Crippen molar-refractivity contribution in [3.8, 4) is 5.75 Å². The Bertz CT molecular complexity index is 872. The molecule has 28 heavy (non-hydrogen) atoms. The fraction of sp³-hybridized carbons (Fsp3) is 0.111. The van der Waals surface area contributed by atoms with Crippen LogP contribution in [0.2, 0.25) is 5.02 Å². The van der Waals surface area contributed by atoms with Crippen LogP contribution < -0.4 is 26.2 Å². The van der Waals surface area contributed by atoms with Crippen LogP contribution in [0.5, 0.6) is 5.75 Å². The SMILES string of the molecule is CC(=O)Nc1ccc(C(=O)NNC(=S)NC(=O)COc2ccc(Cl)cc2)cc1. The molecule has 2 aromatic rings. The number of benzene rings is 2. The first kappa shape index (κ1) is 21.1. The van der Waals surface area contributed by atoms with Gasteiger partial charge < -0.3 is 10.1 Å². The summed E-state index contributed by atoms with van der Waals surface area (Å²) >= 11 is 10.7. The molecule has 0 heterocycles. The van der Waals surface area contributed by atoms with Gasteiger partial charge >= 0.3 is 0 Å². The summed E-state index contributed by atoms with van der Waals surface area (Å²) in [6.45, 7) is 1.13. The Kier molecular flexibility index (Phi) is 7.73. The van der Waals surface area contributed by atoms with Gasteiger partial charge in [-0.05, 0) is 60.7 Å². The lowest BCUT2D eigenvalue weighted by molar-refractivity contribution is -0.121. The van der Waals surface area contributed by atoms with E-state index in [9.17, 15) is 14.4 Å². The normalized spacial score (nSPS) is 9.79. The van der Waals surface area contributed by atoms with Gasteiger partial charge in [0.15, 0.2) is 11.7 Å². The van der Waals surface area contributed by atoms with Gasteiger partial charge in [0.1, 0.15) is 5.75 Å². The van der Waals surface area contributed by atoms with E-state index in [1.165, 1.54) is 19.1 Å². The molecular weight excluding hydrogens is 404 g/mol. The van der Waals surface area contributed by atoms with E-state index in [0.717, 1.165) is 0 Å². The highest BCUT2D eigenvalue weighted by molar-refractivity contribution is 7.80. The Morgan fingerprint density at radius 3 is 2.25 bits per heavy atom. The maximum absolute atomic E-state index is 12.0. The van der Waals surface area contributed by atoms with Crippen LogP contribution in [-0.4, -0.2) is 29.4 Å². The first-order valence-electron chi connectivity index (χ1n) is 7.99. The fourth-order valence-corrected chi connectivity index (χ4v) is 2.26. The minimum Gasteiger partial charge on any atom is -0.484 e. The lowest BCUT2D eigenvalue weighted by atomic mass is 10.2. The Morgan fingerprint density at radius 1 is 1.00 bits per heavy atom. The van der Waals surface area contributed by atoms with Crippen LogP contribution in [0.1, 0.15) is 17.3 Å². The van der Waals surface area contributed by atoms with E-state index in [2.05, 4.69) is 21.5 Å². The third-order valence-corrected chi connectivity index (χ3v) is 3.65. The third-order valence-electron chi connectivity index (χ3n) is 3.19. The van der Waals surface area contributed by atoms with Crippen molar-refractivity contribution in [1.29, 1.82) is 0 Å². The van der Waals surface area contributed by atoms with Crippen LogP contribution >= 0.6 is 23.8 Å². The summed E-state index contributed by atoms with van der Waals surface area (Å²) in [4.78, 5) is 34.8. The zero-order valence-corrected chi connectivity index (χ0v) is 16.3. The molecule has 2 rings (SSSR count). The maximum Gasteiger partial charge on any atom is 0.269 e. The van der Waals surface area contributed by atoms with E-state index in [1.807, 2.05) is 0 Å². The van der Waals surface area contributed by atoms with Gasteiger partial charge in [0.25, 0.3) is 11.8 Å². The summed E-state index contributed by atoms with van der Waals surface area (Å²) in [6.07, 6.45) is 0. The monoisotopic (exact) mass is 420 g/mol. The van der Waals surface area contributed by atoms with Crippen LogP contribution in [0.25, 0.3) is 0 Å². The molecule has 10 heteroatoms. The lowest BCUT2D eigenvalue weighted by Crippen LogP contribution is -2.49. The van der Waals surface area contributed by atoms with Gasteiger partial charge in [-0.1, -0.05) is 11.6 Å². The number of nitrogens with one attached hydrogen (secondary N) is 4. The van der Waals surface area contributed by atoms with Crippen molar-refractivity contribution in [3.63, 3.8) is 0 Å². The van der Waals surface area contributed by atoms with E-state index in [4.69, 9.17) is 28.6 Å². The minimum atomic E-state index is -0.499. The highest BCUT2D eigenvalue weighted by Crippen LogP contribution is 2.15. The van der Waals surface area contributed by atoms with Crippen molar-refractivity contribution in [2.75, 3.05) is 11.9 Å². The Labute approximate surface area is 171 Å². The Morgan fingerprint density at radius 2 is 1.64 bits per heavy atom. The molecule has 0 aliphatic rings. The van der Waals surface area contributed by atoms with Crippen molar-refractivity contribution in [1.82, 2.24) is 16.2 Å². The number of hydrazine groups is 1. The van der Waals surface area contributed by atoms with Crippen LogP contribution in [0.3, 0.4) is 0 Å². The summed E-state index contributed by atoms with van der Waals surface area (Å²) in [5.41, 5.74) is 5.68. The summed E-state index contributed by atoms with van der Waals surface area (Å²) in [5, 5.41) is 5.43. The zero-order valence-electron chi connectivity index (χ0n) is 14.7. The first-order chi connectivity index (χ1) is 13.3. The molecule has 0 saturated heterocycles. The number of carbonyl (C=O) groups excluding carboxylic acids is 3. The van der Waals surface area contributed by atoms with Crippen LogP contribution in [0, 0.1) is 0 Å². The van der Waals surface area contributed by atoms with Crippen LogP contribution in [0.4, 0.5) is 5.69 Å². The third kappa shape index (κ3) is 7.22. The molecule has 0 bridgehead atoms. The highest BCUT2D eigenvalue weighted by atomic mass is 35.5. The molecule has 2 aromatic carbocycles. The summed E-state index contributed by atoms with van der Waals surface area (Å²) < 4.78 is 5.28. The van der Waals surface area contributed by atoms with Gasteiger partial charge in [0.2, 0.25) is 5.91 Å². The summed E-state index contributed by atoms with van der Waals surface area (Å²) in [5.74, 6) is -0.695. The fourth-order valence-electron chi connectivity index (χ4n) is 1.97. The van der Waals surface area contributed by atoms with Gasteiger partial charge in [-0.2, -0.15) is 0 Å². The molecule has 8 nitrogen and oxygen atoms in total. The van der Waals surface area contributed by atoms with Gasteiger partial charge in [0.05, 0.1) is 0 Å². The second-order valence-corrected chi connectivity index (χ2v) is 6.30. The lowest BCUT2D eigenvalue weighted by Gasteiger charge is -2.11. The molecule has 0 aliphatic carbocycles. The van der Waals surface area contributed by atoms with Gasteiger partial charge in [-0.3, -0.25) is 30.6 Å². The second kappa shape index (κ2) is 10.2. The van der Waals surface area contributed by atoms with Crippen molar-refractivity contribution < 1.29 is 19.1 Å². The van der Waals surface area contributed by atoms with E-state index < -0.39 is 11.8 Å². The van der Waals surface area contributed by atoms with E-state index in [0.29, 0.717) is 22.0 Å². The number of halogens is 1. The maximum atomic E-state index is 12.0. The number of hydrogen-bond donors (Lipinski definition) is 4. The Balaban J connectivity index is 1.73. The largest absolute Gasteiger partial charge is 0.484 e. The van der Waals surface area contributed by atoms with Gasteiger partial charge in [-0.25, -0.2) is 0 Å². The summed E-state index contributed by atoms with van der Waals surface area (Å²) in [6, 6.07) is 12.8. The van der Waals surface area contributed by atoms with Gasteiger partial charge in [-0.15, -0.1) is 0 Å². The number of thiocarbonyl (C=S) groups is 1. The molecule has 0 spiro atoms. The average molecular weight is 421 g/mol. The predicted octanol–water partition coefficient (Wildman–Crippen LogP) is 2.01. The number of amides is 3. The zero-order chi connectivity index (χ0) is 20.5. The molecule has 0 radical (unpaired) electrons. The molecule has 3 amide bonds. The molecular formula is C18H17ClN4O4S. The van der Waals surface area contributed by atoms with Gasteiger partial charge in [0, 0.05) is 23.2 Å². The van der Waals surface area contributed by atoms with E-state index in [-0.39, 0.29) is 17.6 Å². The van der Waals surface area contributed by atoms with Crippen LogP contribution in [0.15, 0.2) is 48.5 Å². The molecule has 0 aliphatic heterocycles. The first-order valence-corrected chi connectivity index (χ1v) is 8.78. The molecule has 0 fully saturated rings. The van der Waals surface area contributed by atoms with E-state index in [1.54, 1.807) is 36.4 Å². The smallest absolute Gasteiger partial charge is 0.269 e. The van der Waals surface area contributed by atoms with Crippen LogP contribution in [-0.2, 0) is 9.59 Å². The predicted molar refractivity (Wildman–Crippen MR) is 109 cm³/mol. The average Bonchev–Trinajstić information content (AvgIpc) is 2.66. The molecule has 0 aromatic heterocycles. The Hall–Kier alpha value is -3.17. The minimum absolute atomic E-state index is 0.0899. The standard InChI is InChI=1S/C18H17ClN4O4S/c1-11(24)20-14-6-2-12(3-7-14)17(26)22-23-18(28)21-16(25)10-27-15-8-4-13(19)5-9-15/h2-9H,10H2,1H3,(H,20,24)(H,22,26)(H2,21,23,25,28). The molecule has 0 saturated carbocycles. The highest BCUT2D eigenvalue weighted by Gasteiger charge is 2.09. The molecule has 4 N–H and O–H groups in total. The number of hydrogen-bond acceptors (Lipinski definition) is 5. The van der Waals surface area contributed by atoms with Crippen molar-refractivity contribution in [2.24, 2.45) is 0 Å². The van der Waals surface area contributed by atoms with Crippen molar-refractivity contribution in [3.05, 3.63) is 59.1 Å². The van der Waals surface area contributed by atoms with Crippen molar-refractivity contribution in [2.45, 2.75) is 6.92 Å². The second-order valence-electron chi connectivity index (χ2n) is 5.46.